The zero-order valence-corrected chi connectivity index (χ0v) is 16.3. The summed E-state index contributed by atoms with van der Waals surface area (Å²) in [4.78, 5) is 32.6. The van der Waals surface area contributed by atoms with Gasteiger partial charge in [0.25, 0.3) is 11.5 Å². The molecule has 1 amide bonds. The van der Waals surface area contributed by atoms with E-state index < -0.39 is 0 Å². The van der Waals surface area contributed by atoms with Crippen LogP contribution in [-0.4, -0.2) is 39.5 Å². The third-order valence-corrected chi connectivity index (χ3v) is 5.75. The van der Waals surface area contributed by atoms with Gasteiger partial charge >= 0.3 is 0 Å². The molecule has 1 aliphatic carbocycles. The molecular weight excluding hydrogens is 364 g/mol. The van der Waals surface area contributed by atoms with E-state index in [1.54, 1.807) is 22.8 Å². The minimum atomic E-state index is -0.0831. The number of benzene rings is 2. The highest BCUT2D eigenvalue weighted by Gasteiger charge is 2.24. The van der Waals surface area contributed by atoms with Crippen molar-refractivity contribution >= 4 is 16.8 Å². The minimum Gasteiger partial charge on any atom is -0.349 e. The van der Waals surface area contributed by atoms with Gasteiger partial charge < -0.3 is 5.32 Å². The maximum atomic E-state index is 13.1. The Hall–Kier alpha value is -2.99. The second-order valence-electron chi connectivity index (χ2n) is 7.98. The fraction of sp³-hybridized carbons (Fsp3) is 0.348. The Morgan fingerprint density at radius 2 is 1.90 bits per heavy atom. The molecule has 0 atom stereocenters. The van der Waals surface area contributed by atoms with Gasteiger partial charge in [0.1, 0.15) is 5.82 Å². The summed E-state index contributed by atoms with van der Waals surface area (Å²) in [6.07, 6.45) is 2.81. The van der Waals surface area contributed by atoms with Crippen LogP contribution in [0.15, 0.2) is 53.3 Å². The van der Waals surface area contributed by atoms with E-state index in [1.807, 2.05) is 6.07 Å². The number of carbonyl (C=O) groups excluding carboxylic acids is 1. The van der Waals surface area contributed by atoms with E-state index >= 15 is 0 Å². The second kappa shape index (κ2) is 7.44. The van der Waals surface area contributed by atoms with Crippen molar-refractivity contribution in [1.82, 2.24) is 19.8 Å². The van der Waals surface area contributed by atoms with Gasteiger partial charge in [0.05, 0.1) is 10.9 Å². The topological polar surface area (TPSA) is 67.2 Å². The molecule has 148 valence electrons. The highest BCUT2D eigenvalue weighted by molar-refractivity contribution is 5.97. The largest absolute Gasteiger partial charge is 0.349 e. The van der Waals surface area contributed by atoms with Crippen molar-refractivity contribution in [3.8, 4) is 0 Å². The Bertz CT molecular complexity index is 1120. The van der Waals surface area contributed by atoms with E-state index in [2.05, 4.69) is 34.5 Å². The molecule has 1 N–H and O–H groups in total. The molecule has 0 spiro atoms. The summed E-state index contributed by atoms with van der Waals surface area (Å²) in [5, 5.41) is 3.57. The fourth-order valence-electron chi connectivity index (χ4n) is 3.94. The predicted octanol–water partition coefficient (Wildman–Crippen LogP) is 2.35. The molecule has 1 aliphatic heterocycles. The van der Waals surface area contributed by atoms with E-state index in [0.29, 0.717) is 29.1 Å². The van der Waals surface area contributed by atoms with Crippen LogP contribution < -0.4 is 10.9 Å². The third kappa shape index (κ3) is 3.80. The summed E-state index contributed by atoms with van der Waals surface area (Å²) in [5.74, 6) is 0.720. The average molecular weight is 388 g/mol. The number of hydrogen-bond donors (Lipinski definition) is 1. The van der Waals surface area contributed by atoms with Gasteiger partial charge in [-0.15, -0.1) is 0 Å². The summed E-state index contributed by atoms with van der Waals surface area (Å²) >= 11 is 0. The number of fused-ring (bicyclic) bond motifs is 2. The molecule has 29 heavy (non-hydrogen) atoms. The quantitative estimate of drug-likeness (QED) is 0.745. The van der Waals surface area contributed by atoms with E-state index in [4.69, 9.17) is 4.98 Å². The Morgan fingerprint density at radius 1 is 1.07 bits per heavy atom. The van der Waals surface area contributed by atoms with E-state index in [9.17, 15) is 9.59 Å². The highest BCUT2D eigenvalue weighted by Crippen LogP contribution is 2.20. The first-order valence-corrected chi connectivity index (χ1v) is 10.3. The van der Waals surface area contributed by atoms with Crippen LogP contribution in [0.2, 0.25) is 0 Å². The monoisotopic (exact) mass is 388 g/mol. The Balaban J connectivity index is 1.41. The highest BCUT2D eigenvalue weighted by atomic mass is 16.1. The first-order chi connectivity index (χ1) is 14.2. The van der Waals surface area contributed by atoms with Crippen LogP contribution in [0.3, 0.4) is 0 Å². The van der Waals surface area contributed by atoms with Crippen LogP contribution >= 0.6 is 0 Å². The molecule has 1 fully saturated rings. The van der Waals surface area contributed by atoms with Crippen molar-refractivity contribution in [3.05, 3.63) is 75.8 Å². The number of aromatic nitrogens is 2. The molecule has 0 radical (unpaired) electrons. The van der Waals surface area contributed by atoms with Gasteiger partial charge in [-0.25, -0.2) is 4.98 Å². The molecule has 0 unspecified atom stereocenters. The number of rotatable bonds is 4. The summed E-state index contributed by atoms with van der Waals surface area (Å²) in [6, 6.07) is 15.9. The molecular formula is C23H24N4O2. The number of nitrogens with zero attached hydrogens (tertiary/aromatic N) is 3. The maximum Gasteiger partial charge on any atom is 0.261 e. The second-order valence-corrected chi connectivity index (χ2v) is 7.98. The standard InChI is InChI=1S/C23H24N4O2/c28-22(24-18-7-8-18)17-6-9-19-20(14-17)25-21-10-11-26(12-13-27(21)23(19)29)15-16-4-2-1-3-5-16/h1-6,9,14,18H,7-8,10-13,15H2,(H,24,28). The fourth-order valence-corrected chi connectivity index (χ4v) is 3.94. The molecule has 2 aromatic carbocycles. The van der Waals surface area contributed by atoms with Crippen LogP contribution in [0.5, 0.6) is 0 Å². The van der Waals surface area contributed by atoms with Crippen molar-refractivity contribution in [1.29, 1.82) is 0 Å². The summed E-state index contributed by atoms with van der Waals surface area (Å²) < 4.78 is 1.80. The van der Waals surface area contributed by atoms with Gasteiger partial charge in [0, 0.05) is 44.2 Å². The summed E-state index contributed by atoms with van der Waals surface area (Å²) in [5.41, 5.74) is 2.44. The van der Waals surface area contributed by atoms with E-state index in [-0.39, 0.29) is 11.5 Å². The molecule has 0 saturated heterocycles. The number of hydrogen-bond acceptors (Lipinski definition) is 4. The van der Waals surface area contributed by atoms with Gasteiger partial charge in [-0.05, 0) is 36.6 Å². The Kier molecular flexibility index (Phi) is 4.64. The van der Waals surface area contributed by atoms with Crippen LogP contribution in [-0.2, 0) is 19.5 Å². The van der Waals surface area contributed by atoms with Crippen LogP contribution in [0.4, 0.5) is 0 Å². The lowest BCUT2D eigenvalue weighted by molar-refractivity contribution is 0.0951. The molecule has 1 saturated carbocycles. The molecule has 0 bridgehead atoms. The van der Waals surface area contributed by atoms with Crippen LogP contribution in [0, 0.1) is 0 Å². The lowest BCUT2D eigenvalue weighted by atomic mass is 10.1. The molecule has 2 aliphatic rings. The number of nitrogens with one attached hydrogen (secondary N) is 1. The van der Waals surface area contributed by atoms with E-state index in [0.717, 1.165) is 44.7 Å². The van der Waals surface area contributed by atoms with Crippen molar-refractivity contribution in [2.75, 3.05) is 13.1 Å². The molecule has 1 aromatic heterocycles. The van der Waals surface area contributed by atoms with E-state index in [1.165, 1.54) is 5.56 Å². The predicted molar refractivity (Wildman–Crippen MR) is 112 cm³/mol. The van der Waals surface area contributed by atoms with Gasteiger partial charge in [-0.3, -0.25) is 19.1 Å². The van der Waals surface area contributed by atoms with Crippen LogP contribution in [0.25, 0.3) is 10.9 Å². The first kappa shape index (κ1) is 18.1. The zero-order valence-electron chi connectivity index (χ0n) is 16.3. The number of carbonyl (C=O) groups is 1. The molecule has 2 heterocycles. The van der Waals surface area contributed by atoms with Crippen LogP contribution in [0.1, 0.15) is 34.6 Å². The molecule has 3 aromatic rings. The van der Waals surface area contributed by atoms with Crippen molar-refractivity contribution in [2.24, 2.45) is 0 Å². The lowest BCUT2D eigenvalue weighted by Gasteiger charge is -2.19. The maximum absolute atomic E-state index is 13.1. The normalized spacial score (nSPS) is 17.0. The average Bonchev–Trinajstić information content (AvgIpc) is 3.57. The lowest BCUT2D eigenvalue weighted by Crippen LogP contribution is -2.29. The van der Waals surface area contributed by atoms with Crippen molar-refractivity contribution in [3.63, 3.8) is 0 Å². The zero-order chi connectivity index (χ0) is 19.8. The summed E-state index contributed by atoms with van der Waals surface area (Å²) in [6.45, 7) is 3.17. The molecule has 6 heteroatoms. The van der Waals surface area contributed by atoms with Crippen molar-refractivity contribution < 1.29 is 4.79 Å². The SMILES string of the molecule is O=C(NC1CC1)c1ccc2c(=O)n3c(nc2c1)CCN(Cc1ccccc1)CC3. The van der Waals surface area contributed by atoms with Gasteiger partial charge in [-0.1, -0.05) is 30.3 Å². The first-order valence-electron chi connectivity index (χ1n) is 10.3. The minimum absolute atomic E-state index is 0.0132. The van der Waals surface area contributed by atoms with Crippen molar-refractivity contribution in [2.45, 2.75) is 38.4 Å². The number of amides is 1. The Labute approximate surface area is 169 Å². The molecule has 6 nitrogen and oxygen atoms in total. The van der Waals surface area contributed by atoms with Gasteiger partial charge in [0.2, 0.25) is 0 Å². The van der Waals surface area contributed by atoms with Gasteiger partial charge in [0.15, 0.2) is 0 Å². The third-order valence-electron chi connectivity index (χ3n) is 5.75. The molecule has 5 rings (SSSR count). The summed E-state index contributed by atoms with van der Waals surface area (Å²) in [7, 11) is 0. The van der Waals surface area contributed by atoms with Gasteiger partial charge in [-0.2, -0.15) is 0 Å². The smallest absolute Gasteiger partial charge is 0.261 e. The Morgan fingerprint density at radius 3 is 2.69 bits per heavy atom.